The first-order valence-electron chi connectivity index (χ1n) is 9.62. The second-order valence-electron chi connectivity index (χ2n) is 6.94. The van der Waals surface area contributed by atoms with E-state index in [1.165, 1.54) is 6.42 Å². The predicted molar refractivity (Wildman–Crippen MR) is 106 cm³/mol. The van der Waals surface area contributed by atoms with Gasteiger partial charge in [0, 0.05) is 36.7 Å². The normalized spacial score (nSPS) is 15.2. The monoisotopic (exact) mass is 372 g/mol. The van der Waals surface area contributed by atoms with E-state index in [0.29, 0.717) is 42.3 Å². The van der Waals surface area contributed by atoms with Crippen LogP contribution in [0.1, 0.15) is 43.6 Å². The number of amides is 3. The minimum atomic E-state index is -0.240. The number of aromatic nitrogens is 2. The first-order chi connectivity index (χ1) is 13.1. The molecule has 3 rings (SSSR count). The quantitative estimate of drug-likeness (QED) is 0.597. The molecule has 3 amide bonds. The number of hydrogen-bond acceptors (Lipinski definition) is 4. The van der Waals surface area contributed by atoms with Gasteiger partial charge in [-0.1, -0.05) is 6.42 Å². The minimum absolute atomic E-state index is 0.0245. The maximum Gasteiger partial charge on any atom is 0.321 e. The molecule has 1 atom stereocenters. The molecule has 1 heterocycles. The zero-order valence-electron chi connectivity index (χ0n) is 15.9. The Labute approximate surface area is 158 Å². The predicted octanol–water partition coefficient (Wildman–Crippen LogP) is 2.29. The van der Waals surface area contributed by atoms with Crippen LogP contribution in [0.5, 0.6) is 0 Å². The topological polar surface area (TPSA) is 116 Å². The summed E-state index contributed by atoms with van der Waals surface area (Å²) in [6, 6.07) is 5.19. The number of aromatic amines is 1. The van der Waals surface area contributed by atoms with Crippen molar-refractivity contribution in [1.29, 1.82) is 0 Å². The lowest BCUT2D eigenvalue weighted by Gasteiger charge is -2.33. The van der Waals surface area contributed by atoms with E-state index in [-0.39, 0.29) is 18.0 Å². The van der Waals surface area contributed by atoms with Crippen LogP contribution in [-0.2, 0) is 0 Å². The molecular formula is C19H28N6O2. The fourth-order valence-corrected chi connectivity index (χ4v) is 3.43. The van der Waals surface area contributed by atoms with Crippen molar-refractivity contribution in [3.8, 4) is 0 Å². The van der Waals surface area contributed by atoms with Gasteiger partial charge in [-0.15, -0.1) is 0 Å². The van der Waals surface area contributed by atoms with E-state index in [1.54, 1.807) is 17.0 Å². The molecule has 0 spiro atoms. The number of carbonyl (C=O) groups is 2. The number of anilines is 1. The molecule has 0 radical (unpaired) electrons. The average Bonchev–Trinajstić information content (AvgIpc) is 3.03. The second kappa shape index (κ2) is 8.39. The maximum absolute atomic E-state index is 12.7. The molecule has 27 heavy (non-hydrogen) atoms. The van der Waals surface area contributed by atoms with Crippen LogP contribution < -0.4 is 16.4 Å². The molecule has 0 unspecified atom stereocenters. The Kier molecular flexibility index (Phi) is 5.95. The Bertz CT molecular complexity index is 810. The summed E-state index contributed by atoms with van der Waals surface area (Å²) >= 11 is 0. The minimum Gasteiger partial charge on any atom is -0.346 e. The van der Waals surface area contributed by atoms with Crippen molar-refractivity contribution in [2.45, 2.75) is 39.2 Å². The summed E-state index contributed by atoms with van der Waals surface area (Å²) in [4.78, 5) is 26.7. The highest BCUT2D eigenvalue weighted by Crippen LogP contribution is 2.29. The number of rotatable bonds is 7. The summed E-state index contributed by atoms with van der Waals surface area (Å²) in [5.41, 5.74) is 7.53. The molecule has 1 aromatic heterocycles. The molecular weight excluding hydrogens is 344 g/mol. The van der Waals surface area contributed by atoms with Gasteiger partial charge in [-0.05, 0) is 50.8 Å². The van der Waals surface area contributed by atoms with Crippen LogP contribution >= 0.6 is 0 Å². The molecule has 1 saturated carbocycles. The summed E-state index contributed by atoms with van der Waals surface area (Å²) in [6.07, 6.45) is 3.40. The summed E-state index contributed by atoms with van der Waals surface area (Å²) in [6.45, 7) is 5.54. The van der Waals surface area contributed by atoms with E-state index < -0.39 is 0 Å². The summed E-state index contributed by atoms with van der Waals surface area (Å²) in [5, 5.41) is 13.6. The van der Waals surface area contributed by atoms with E-state index in [4.69, 9.17) is 5.73 Å². The van der Waals surface area contributed by atoms with Crippen molar-refractivity contribution < 1.29 is 9.59 Å². The largest absolute Gasteiger partial charge is 0.346 e. The van der Waals surface area contributed by atoms with E-state index in [9.17, 15) is 9.59 Å². The summed E-state index contributed by atoms with van der Waals surface area (Å²) in [7, 11) is 0. The smallest absolute Gasteiger partial charge is 0.321 e. The van der Waals surface area contributed by atoms with Crippen molar-refractivity contribution in [2.75, 3.05) is 25.0 Å². The fourth-order valence-electron chi connectivity index (χ4n) is 3.43. The molecule has 1 fully saturated rings. The summed E-state index contributed by atoms with van der Waals surface area (Å²) < 4.78 is 0. The highest BCUT2D eigenvalue weighted by Gasteiger charge is 2.28. The van der Waals surface area contributed by atoms with E-state index in [2.05, 4.69) is 20.8 Å². The molecule has 8 heteroatoms. The van der Waals surface area contributed by atoms with Gasteiger partial charge in [-0.3, -0.25) is 9.89 Å². The highest BCUT2D eigenvalue weighted by molar-refractivity contribution is 6.06. The number of H-pyrrole nitrogens is 1. The Hall–Kier alpha value is -2.61. The maximum atomic E-state index is 12.7. The zero-order chi connectivity index (χ0) is 19.4. The molecule has 2 aromatic rings. The number of benzene rings is 1. The first-order valence-corrected chi connectivity index (χ1v) is 9.62. The van der Waals surface area contributed by atoms with Crippen LogP contribution in [0.3, 0.4) is 0 Å². The number of carbonyl (C=O) groups excluding carboxylic acids is 2. The van der Waals surface area contributed by atoms with Crippen molar-refractivity contribution in [2.24, 2.45) is 11.7 Å². The van der Waals surface area contributed by atoms with Crippen molar-refractivity contribution in [3.05, 3.63) is 23.9 Å². The molecule has 146 valence electrons. The van der Waals surface area contributed by atoms with Crippen LogP contribution in [0.2, 0.25) is 0 Å². The standard InChI is InChI=1S/C19H28N6O2/c1-3-25(4-2)19(27)21-13-8-9-15-14(10-13)17(24-23-15)18(26)22-16(11-20)12-6-5-7-12/h8-10,12,16H,3-7,11,20H2,1-2H3,(H,21,27)(H,22,26)(H,23,24)/t16-/m1/s1. The lowest BCUT2D eigenvalue weighted by Crippen LogP contribution is -2.47. The first kappa shape index (κ1) is 19.2. The van der Waals surface area contributed by atoms with E-state index >= 15 is 0 Å². The highest BCUT2D eigenvalue weighted by atomic mass is 16.2. The molecule has 5 N–H and O–H groups in total. The third-order valence-corrected chi connectivity index (χ3v) is 5.37. The molecule has 0 bridgehead atoms. The van der Waals surface area contributed by atoms with Crippen LogP contribution in [-0.4, -0.2) is 52.7 Å². The second-order valence-corrected chi connectivity index (χ2v) is 6.94. The van der Waals surface area contributed by atoms with Gasteiger partial charge in [-0.25, -0.2) is 4.79 Å². The number of nitrogens with two attached hydrogens (primary N) is 1. The van der Waals surface area contributed by atoms with Gasteiger partial charge in [0.2, 0.25) is 0 Å². The lowest BCUT2D eigenvalue weighted by molar-refractivity contribution is 0.0901. The zero-order valence-corrected chi connectivity index (χ0v) is 15.9. The number of urea groups is 1. The van der Waals surface area contributed by atoms with E-state index in [0.717, 1.165) is 18.4 Å². The summed E-state index contributed by atoms with van der Waals surface area (Å²) in [5.74, 6) is 0.212. The molecule has 1 aromatic carbocycles. The number of nitrogens with zero attached hydrogens (tertiary/aromatic N) is 2. The van der Waals surface area contributed by atoms with Crippen molar-refractivity contribution >= 4 is 28.5 Å². The SMILES string of the molecule is CCN(CC)C(=O)Nc1ccc2[nH]nc(C(=O)N[C@H](CN)C3CCC3)c2c1. The number of hydrogen-bond donors (Lipinski definition) is 4. The third-order valence-electron chi connectivity index (χ3n) is 5.37. The van der Waals surface area contributed by atoms with E-state index in [1.807, 2.05) is 19.9 Å². The van der Waals surface area contributed by atoms with Crippen molar-refractivity contribution in [3.63, 3.8) is 0 Å². The Morgan fingerprint density at radius 3 is 2.67 bits per heavy atom. The molecule has 1 aliphatic carbocycles. The Morgan fingerprint density at radius 2 is 2.07 bits per heavy atom. The van der Waals surface area contributed by atoms with Crippen LogP contribution in [0.25, 0.3) is 10.9 Å². The van der Waals surface area contributed by atoms with Gasteiger partial charge in [0.25, 0.3) is 5.91 Å². The Balaban J connectivity index is 1.78. The van der Waals surface area contributed by atoms with Gasteiger partial charge in [0.05, 0.1) is 5.52 Å². The lowest BCUT2D eigenvalue weighted by atomic mass is 9.79. The van der Waals surface area contributed by atoms with Crippen LogP contribution in [0.4, 0.5) is 10.5 Å². The van der Waals surface area contributed by atoms with Gasteiger partial charge in [0.15, 0.2) is 5.69 Å². The van der Waals surface area contributed by atoms with Gasteiger partial charge in [0.1, 0.15) is 0 Å². The molecule has 0 saturated heterocycles. The fraction of sp³-hybridized carbons (Fsp3) is 0.526. The van der Waals surface area contributed by atoms with Gasteiger partial charge < -0.3 is 21.3 Å². The molecule has 1 aliphatic rings. The average molecular weight is 372 g/mol. The van der Waals surface area contributed by atoms with Crippen LogP contribution in [0, 0.1) is 5.92 Å². The van der Waals surface area contributed by atoms with Gasteiger partial charge in [-0.2, -0.15) is 5.10 Å². The number of nitrogens with one attached hydrogen (secondary N) is 3. The Morgan fingerprint density at radius 1 is 1.33 bits per heavy atom. The third kappa shape index (κ3) is 4.05. The number of fused-ring (bicyclic) bond motifs is 1. The van der Waals surface area contributed by atoms with Crippen molar-refractivity contribution in [1.82, 2.24) is 20.4 Å². The van der Waals surface area contributed by atoms with Gasteiger partial charge >= 0.3 is 6.03 Å². The molecule has 0 aliphatic heterocycles. The van der Waals surface area contributed by atoms with Crippen LogP contribution in [0.15, 0.2) is 18.2 Å². The molecule has 8 nitrogen and oxygen atoms in total.